The predicted octanol–water partition coefficient (Wildman–Crippen LogP) is 5.68. The van der Waals surface area contributed by atoms with Crippen LogP contribution in [-0.4, -0.2) is 21.0 Å². The highest BCUT2D eigenvalue weighted by Crippen LogP contribution is 2.19. The quantitative estimate of drug-likeness (QED) is 0.552. The SMILES string of the molecule is C=C(C)c1cccc(CCc2cnc(N)nc2NC(CC)CCCC)n1.CC. The standard InChI is InChI=1S/C21H31N5.C2H6/c1-5-7-9-17(6-2)25-20-16(14-23-21(22)26-20)12-13-18-10-8-11-19(24-18)15(3)4;1-2/h8,10-11,14,17H,3,5-7,9,12-13H2,1-2,4H3,(H3,22,23,25,26);1-2H3. The average molecular weight is 384 g/mol. The van der Waals surface area contributed by atoms with Crippen molar-refractivity contribution < 1.29 is 0 Å². The van der Waals surface area contributed by atoms with Gasteiger partial charge in [0.15, 0.2) is 0 Å². The van der Waals surface area contributed by atoms with Crippen molar-refractivity contribution in [3.05, 3.63) is 47.9 Å². The number of allylic oxidation sites excluding steroid dienone is 1. The van der Waals surface area contributed by atoms with Crippen molar-refractivity contribution in [1.29, 1.82) is 0 Å². The molecule has 2 aromatic rings. The van der Waals surface area contributed by atoms with Gasteiger partial charge in [0.2, 0.25) is 5.95 Å². The molecular formula is C23H37N5. The van der Waals surface area contributed by atoms with E-state index in [9.17, 15) is 0 Å². The molecule has 0 radical (unpaired) electrons. The van der Waals surface area contributed by atoms with Crippen LogP contribution in [0.3, 0.4) is 0 Å². The second kappa shape index (κ2) is 12.9. The first kappa shape index (κ1) is 23.6. The van der Waals surface area contributed by atoms with Gasteiger partial charge in [0, 0.05) is 23.5 Å². The summed E-state index contributed by atoms with van der Waals surface area (Å²) in [6.07, 6.45) is 8.08. The highest BCUT2D eigenvalue weighted by atomic mass is 15.1. The number of nitrogens with zero attached hydrogens (tertiary/aromatic N) is 3. The van der Waals surface area contributed by atoms with Crippen LogP contribution in [0.2, 0.25) is 0 Å². The number of nitrogen functional groups attached to an aromatic ring is 1. The summed E-state index contributed by atoms with van der Waals surface area (Å²) in [4.78, 5) is 13.3. The van der Waals surface area contributed by atoms with Gasteiger partial charge >= 0.3 is 0 Å². The van der Waals surface area contributed by atoms with Gasteiger partial charge in [0.1, 0.15) is 5.82 Å². The van der Waals surface area contributed by atoms with Crippen LogP contribution in [0, 0.1) is 0 Å². The topological polar surface area (TPSA) is 76.7 Å². The molecule has 2 aromatic heterocycles. The Morgan fingerprint density at radius 3 is 2.57 bits per heavy atom. The number of nitrogens with two attached hydrogens (primary N) is 1. The van der Waals surface area contributed by atoms with E-state index in [4.69, 9.17) is 5.73 Å². The molecule has 5 heteroatoms. The van der Waals surface area contributed by atoms with Gasteiger partial charge in [0.25, 0.3) is 0 Å². The third kappa shape index (κ3) is 7.67. The largest absolute Gasteiger partial charge is 0.368 e. The molecule has 5 nitrogen and oxygen atoms in total. The number of nitrogens with one attached hydrogen (secondary N) is 1. The lowest BCUT2D eigenvalue weighted by Crippen LogP contribution is -2.21. The van der Waals surface area contributed by atoms with Crippen molar-refractivity contribution in [2.45, 2.75) is 79.2 Å². The highest BCUT2D eigenvalue weighted by Gasteiger charge is 2.12. The van der Waals surface area contributed by atoms with Crippen LogP contribution in [0.5, 0.6) is 0 Å². The van der Waals surface area contributed by atoms with Crippen LogP contribution >= 0.6 is 0 Å². The Kier molecular flexibility index (Phi) is 10.8. The zero-order valence-corrected chi connectivity index (χ0v) is 18.3. The maximum Gasteiger partial charge on any atom is 0.221 e. The molecule has 0 aliphatic rings. The lowest BCUT2D eigenvalue weighted by Gasteiger charge is -2.19. The van der Waals surface area contributed by atoms with Gasteiger partial charge < -0.3 is 11.1 Å². The van der Waals surface area contributed by atoms with Crippen LogP contribution in [0.1, 0.15) is 77.3 Å². The lowest BCUT2D eigenvalue weighted by molar-refractivity contribution is 0.590. The molecule has 0 aromatic carbocycles. The van der Waals surface area contributed by atoms with Gasteiger partial charge in [-0.1, -0.05) is 53.2 Å². The van der Waals surface area contributed by atoms with E-state index < -0.39 is 0 Å². The molecule has 3 N–H and O–H groups in total. The van der Waals surface area contributed by atoms with Crippen LogP contribution in [0.15, 0.2) is 31.0 Å². The molecule has 154 valence electrons. The monoisotopic (exact) mass is 383 g/mol. The zero-order chi connectivity index (χ0) is 20.9. The fraction of sp³-hybridized carbons (Fsp3) is 0.522. The maximum absolute atomic E-state index is 5.82. The smallest absolute Gasteiger partial charge is 0.221 e. The predicted molar refractivity (Wildman–Crippen MR) is 121 cm³/mol. The highest BCUT2D eigenvalue weighted by molar-refractivity contribution is 5.57. The van der Waals surface area contributed by atoms with E-state index in [0.29, 0.717) is 12.0 Å². The second-order valence-electron chi connectivity index (χ2n) is 6.79. The number of hydrogen-bond acceptors (Lipinski definition) is 5. The van der Waals surface area contributed by atoms with E-state index in [2.05, 4.69) is 40.7 Å². The van der Waals surface area contributed by atoms with Crippen molar-refractivity contribution >= 4 is 17.3 Å². The van der Waals surface area contributed by atoms with Crippen molar-refractivity contribution in [1.82, 2.24) is 15.0 Å². The number of pyridine rings is 1. The lowest BCUT2D eigenvalue weighted by atomic mass is 10.1. The van der Waals surface area contributed by atoms with Crippen LogP contribution in [0.25, 0.3) is 5.57 Å². The Morgan fingerprint density at radius 1 is 1.18 bits per heavy atom. The summed E-state index contributed by atoms with van der Waals surface area (Å²) in [5, 5.41) is 3.57. The summed E-state index contributed by atoms with van der Waals surface area (Å²) < 4.78 is 0. The third-order valence-corrected chi connectivity index (χ3v) is 4.52. The average Bonchev–Trinajstić information content (AvgIpc) is 2.72. The van der Waals surface area contributed by atoms with Crippen LogP contribution in [-0.2, 0) is 12.8 Å². The molecule has 2 rings (SSSR count). The van der Waals surface area contributed by atoms with Gasteiger partial charge in [0.05, 0.1) is 5.69 Å². The molecule has 28 heavy (non-hydrogen) atoms. The first-order valence-corrected chi connectivity index (χ1v) is 10.5. The normalized spacial score (nSPS) is 11.3. The van der Waals surface area contributed by atoms with Crippen molar-refractivity contribution in [3.8, 4) is 0 Å². The zero-order valence-electron chi connectivity index (χ0n) is 18.3. The molecule has 0 saturated carbocycles. The van der Waals surface area contributed by atoms with Gasteiger partial charge in [-0.25, -0.2) is 4.98 Å². The van der Waals surface area contributed by atoms with Crippen molar-refractivity contribution in [2.24, 2.45) is 0 Å². The van der Waals surface area contributed by atoms with Gasteiger partial charge in [-0.2, -0.15) is 4.98 Å². The Morgan fingerprint density at radius 2 is 1.93 bits per heavy atom. The maximum atomic E-state index is 5.82. The fourth-order valence-electron chi connectivity index (χ4n) is 2.87. The number of hydrogen-bond donors (Lipinski definition) is 2. The van der Waals surface area contributed by atoms with Gasteiger partial charge in [-0.3, -0.25) is 4.98 Å². The van der Waals surface area contributed by atoms with E-state index in [1.54, 1.807) is 0 Å². The minimum absolute atomic E-state index is 0.309. The number of anilines is 2. The molecule has 0 bridgehead atoms. The van der Waals surface area contributed by atoms with E-state index >= 15 is 0 Å². The number of aromatic nitrogens is 3. The molecule has 1 unspecified atom stereocenters. The van der Waals surface area contributed by atoms with E-state index in [-0.39, 0.29) is 0 Å². The first-order valence-electron chi connectivity index (χ1n) is 10.5. The molecular weight excluding hydrogens is 346 g/mol. The van der Waals surface area contributed by atoms with Crippen LogP contribution < -0.4 is 11.1 Å². The van der Waals surface area contributed by atoms with Crippen LogP contribution in [0.4, 0.5) is 11.8 Å². The Balaban J connectivity index is 0.00000190. The summed E-state index contributed by atoms with van der Waals surface area (Å²) in [6.45, 7) is 14.4. The number of unbranched alkanes of at least 4 members (excludes halogenated alkanes) is 1. The molecule has 1 atom stereocenters. The molecule has 0 fully saturated rings. The third-order valence-electron chi connectivity index (χ3n) is 4.52. The molecule has 0 saturated heterocycles. The summed E-state index contributed by atoms with van der Waals surface area (Å²) in [5.41, 5.74) is 9.87. The summed E-state index contributed by atoms with van der Waals surface area (Å²) in [5.74, 6) is 1.17. The Hall–Kier alpha value is -2.43. The van der Waals surface area contributed by atoms with Crippen molar-refractivity contribution in [2.75, 3.05) is 11.1 Å². The Labute approximate surface area is 170 Å². The molecule has 0 aliphatic heterocycles. The fourth-order valence-corrected chi connectivity index (χ4v) is 2.87. The number of aryl methyl sites for hydroxylation is 2. The van der Waals surface area contributed by atoms with E-state index in [0.717, 1.165) is 54.0 Å². The Bertz CT molecular complexity index is 727. The number of rotatable bonds is 10. The molecule has 0 spiro atoms. The molecule has 0 aliphatic carbocycles. The summed E-state index contributed by atoms with van der Waals surface area (Å²) in [7, 11) is 0. The van der Waals surface area contributed by atoms with Crippen molar-refractivity contribution in [3.63, 3.8) is 0 Å². The molecule has 0 amide bonds. The van der Waals surface area contributed by atoms with Gasteiger partial charge in [-0.05, 0) is 50.3 Å². The van der Waals surface area contributed by atoms with Gasteiger partial charge in [-0.15, -0.1) is 0 Å². The van der Waals surface area contributed by atoms with E-state index in [1.165, 1.54) is 12.8 Å². The summed E-state index contributed by atoms with van der Waals surface area (Å²) >= 11 is 0. The first-order chi connectivity index (χ1) is 13.5. The molecule has 2 heterocycles. The minimum atomic E-state index is 0.309. The van der Waals surface area contributed by atoms with E-state index in [1.807, 2.05) is 45.2 Å². The minimum Gasteiger partial charge on any atom is -0.368 e. The second-order valence-corrected chi connectivity index (χ2v) is 6.79. The summed E-state index contributed by atoms with van der Waals surface area (Å²) in [6, 6.07) is 6.48.